The number of aromatic nitrogens is 4. The average molecular weight is 451 g/mol. The maximum Gasteiger partial charge on any atom is 0.264 e. The number of H-pyrrole nitrogens is 1. The van der Waals surface area contributed by atoms with Crippen LogP contribution in [0.2, 0.25) is 0 Å². The number of rotatable bonds is 5. The Morgan fingerprint density at radius 2 is 1.87 bits per heavy atom. The highest BCUT2D eigenvalue weighted by atomic mass is 32.2. The van der Waals surface area contributed by atoms with Gasteiger partial charge in [0.15, 0.2) is 5.88 Å². The quantitative estimate of drug-likeness (QED) is 0.349. The van der Waals surface area contributed by atoms with Gasteiger partial charge in [-0.1, -0.05) is 0 Å². The van der Waals surface area contributed by atoms with Crippen molar-refractivity contribution in [1.82, 2.24) is 19.9 Å². The van der Waals surface area contributed by atoms with Crippen molar-refractivity contribution in [3.05, 3.63) is 65.9 Å². The predicted octanol–water partition coefficient (Wildman–Crippen LogP) is 3.82. The Bertz CT molecular complexity index is 1520. The van der Waals surface area contributed by atoms with Crippen molar-refractivity contribution in [2.24, 2.45) is 4.99 Å². The first-order valence-electron chi connectivity index (χ1n) is 9.01. The van der Waals surface area contributed by atoms with E-state index in [0.717, 1.165) is 26.7 Å². The van der Waals surface area contributed by atoms with Crippen LogP contribution in [0.4, 0.5) is 11.6 Å². The summed E-state index contributed by atoms with van der Waals surface area (Å²) in [5.41, 5.74) is 4.67. The fourth-order valence-electron chi connectivity index (χ4n) is 3.11. The summed E-state index contributed by atoms with van der Waals surface area (Å²) in [4.78, 5) is 19.6. The van der Waals surface area contributed by atoms with Gasteiger partial charge in [0.25, 0.3) is 10.0 Å². The highest BCUT2D eigenvalue weighted by molar-refractivity contribution is 7.92. The largest absolute Gasteiger partial charge is 0.495 e. The molecule has 0 saturated carbocycles. The molecular weight excluding hydrogens is 436 g/mol. The van der Waals surface area contributed by atoms with Crippen LogP contribution in [-0.4, -0.2) is 39.7 Å². The van der Waals surface area contributed by atoms with Crippen molar-refractivity contribution >= 4 is 60.3 Å². The number of fused-ring (bicyclic) bond motifs is 3. The molecular formula is C20H14N6O3S2. The molecule has 0 bridgehead atoms. The van der Waals surface area contributed by atoms with Crippen molar-refractivity contribution < 1.29 is 13.5 Å². The second kappa shape index (κ2) is 7.45. The van der Waals surface area contributed by atoms with Crippen LogP contribution in [-0.2, 0) is 10.0 Å². The summed E-state index contributed by atoms with van der Waals surface area (Å²) in [6.45, 7) is 0. The van der Waals surface area contributed by atoms with Crippen LogP contribution in [0.5, 0.6) is 5.88 Å². The first-order chi connectivity index (χ1) is 15.0. The van der Waals surface area contributed by atoms with Crippen LogP contribution in [0, 0.1) is 0 Å². The molecule has 0 unspecified atom stereocenters. The Labute approximate surface area is 180 Å². The lowest BCUT2D eigenvalue weighted by atomic mass is 10.1. The number of thiazole rings is 1. The van der Waals surface area contributed by atoms with Gasteiger partial charge in [-0.2, -0.15) is 0 Å². The molecule has 11 heteroatoms. The molecule has 154 valence electrons. The minimum atomic E-state index is -3.80. The summed E-state index contributed by atoms with van der Waals surface area (Å²) in [5.74, 6) is 0.0905. The summed E-state index contributed by atoms with van der Waals surface area (Å²) in [7, 11) is -3.80. The normalized spacial score (nSPS) is 12.1. The lowest BCUT2D eigenvalue weighted by Gasteiger charge is -2.06. The molecule has 0 atom stereocenters. The monoisotopic (exact) mass is 450 g/mol. The zero-order chi connectivity index (χ0) is 21.4. The number of aromatic amines is 1. The van der Waals surface area contributed by atoms with Gasteiger partial charge in [0.2, 0.25) is 5.95 Å². The molecule has 0 spiro atoms. The Morgan fingerprint density at radius 3 is 2.65 bits per heavy atom. The predicted molar refractivity (Wildman–Crippen MR) is 120 cm³/mol. The molecule has 0 fully saturated rings. The number of benzene rings is 2. The number of hydrogen-bond donors (Lipinski definition) is 3. The number of nitrogens with zero attached hydrogens (tertiary/aromatic N) is 4. The van der Waals surface area contributed by atoms with Crippen LogP contribution in [0.15, 0.2) is 70.3 Å². The first kappa shape index (κ1) is 19.2. The molecule has 9 nitrogen and oxygen atoms in total. The molecule has 3 heterocycles. The Morgan fingerprint density at radius 1 is 1.10 bits per heavy atom. The van der Waals surface area contributed by atoms with Crippen LogP contribution < -0.4 is 4.72 Å². The van der Waals surface area contributed by atoms with E-state index < -0.39 is 10.0 Å². The van der Waals surface area contributed by atoms with E-state index in [2.05, 4.69) is 29.7 Å². The Hall–Kier alpha value is -3.83. The van der Waals surface area contributed by atoms with Crippen molar-refractivity contribution in [3.8, 4) is 5.88 Å². The molecule has 5 rings (SSSR count). The maximum atomic E-state index is 12.5. The van der Waals surface area contributed by atoms with E-state index in [-0.39, 0.29) is 16.7 Å². The zero-order valence-electron chi connectivity index (χ0n) is 15.7. The zero-order valence-corrected chi connectivity index (χ0v) is 17.4. The van der Waals surface area contributed by atoms with Crippen LogP contribution in [0.1, 0.15) is 5.56 Å². The lowest BCUT2D eigenvalue weighted by molar-refractivity contribution is 0.458. The van der Waals surface area contributed by atoms with Crippen molar-refractivity contribution in [3.63, 3.8) is 0 Å². The lowest BCUT2D eigenvalue weighted by Crippen LogP contribution is -2.14. The van der Waals surface area contributed by atoms with E-state index in [1.165, 1.54) is 35.9 Å². The fraction of sp³-hybridized carbons (Fsp3) is 0. The summed E-state index contributed by atoms with van der Waals surface area (Å²) >= 11 is 1.48. The van der Waals surface area contributed by atoms with Gasteiger partial charge in [0.05, 0.1) is 31.8 Å². The van der Waals surface area contributed by atoms with Crippen LogP contribution >= 0.6 is 11.3 Å². The van der Waals surface area contributed by atoms with Crippen LogP contribution in [0.25, 0.3) is 21.1 Å². The molecule has 0 aliphatic rings. The van der Waals surface area contributed by atoms with Gasteiger partial charge in [0.1, 0.15) is 0 Å². The van der Waals surface area contributed by atoms with Gasteiger partial charge in [0, 0.05) is 35.6 Å². The van der Waals surface area contributed by atoms with E-state index in [0.29, 0.717) is 5.69 Å². The molecule has 5 aromatic rings. The summed E-state index contributed by atoms with van der Waals surface area (Å²) in [6.07, 6.45) is 4.57. The molecule has 0 amide bonds. The minimum absolute atomic E-state index is 0.00243. The third-order valence-electron chi connectivity index (χ3n) is 4.51. The van der Waals surface area contributed by atoms with E-state index in [4.69, 9.17) is 0 Å². The summed E-state index contributed by atoms with van der Waals surface area (Å²) in [6, 6.07) is 11.3. The van der Waals surface area contributed by atoms with Crippen molar-refractivity contribution in [1.29, 1.82) is 0 Å². The topological polar surface area (TPSA) is 133 Å². The highest BCUT2D eigenvalue weighted by Gasteiger charge is 2.15. The number of hydrogen-bond acceptors (Lipinski definition) is 8. The maximum absolute atomic E-state index is 12.5. The van der Waals surface area contributed by atoms with E-state index >= 15 is 0 Å². The molecule has 3 N–H and O–H groups in total. The molecule has 0 aliphatic heterocycles. The van der Waals surface area contributed by atoms with E-state index in [1.54, 1.807) is 36.0 Å². The summed E-state index contributed by atoms with van der Waals surface area (Å²) in [5, 5.41) is 10.7. The van der Waals surface area contributed by atoms with Gasteiger partial charge in [-0.3, -0.25) is 4.99 Å². The number of aliphatic imine (C=N–C) groups is 1. The van der Waals surface area contributed by atoms with Gasteiger partial charge in [-0.25, -0.2) is 28.1 Å². The van der Waals surface area contributed by atoms with Gasteiger partial charge < -0.3 is 10.1 Å². The molecule has 31 heavy (non-hydrogen) atoms. The second-order valence-corrected chi connectivity index (χ2v) is 9.08. The van der Waals surface area contributed by atoms with Gasteiger partial charge >= 0.3 is 0 Å². The highest BCUT2D eigenvalue weighted by Crippen LogP contribution is 2.32. The molecule has 2 aromatic carbocycles. The standard InChI is InChI=1S/C20H14N6O3S2/c27-17-9-15-16(25-17)8-12(18-19(15)30-11-24-18)10-23-13-2-4-14(5-3-13)31(28,29)26-20-21-6-1-7-22-20/h1-11,25,27H,(H,21,22,26). The number of nitrogens with one attached hydrogen (secondary N) is 2. The van der Waals surface area contributed by atoms with Crippen molar-refractivity contribution in [2.45, 2.75) is 4.90 Å². The van der Waals surface area contributed by atoms with E-state index in [1.807, 2.05) is 6.07 Å². The Kier molecular flexibility index (Phi) is 4.60. The smallest absolute Gasteiger partial charge is 0.264 e. The third kappa shape index (κ3) is 3.71. The van der Waals surface area contributed by atoms with Crippen LogP contribution in [0.3, 0.4) is 0 Å². The average Bonchev–Trinajstić information content (AvgIpc) is 3.39. The second-order valence-electron chi connectivity index (χ2n) is 6.54. The number of aromatic hydroxyl groups is 1. The van der Waals surface area contributed by atoms with Gasteiger partial charge in [-0.15, -0.1) is 11.3 Å². The third-order valence-corrected chi connectivity index (χ3v) is 6.71. The van der Waals surface area contributed by atoms with Crippen molar-refractivity contribution in [2.75, 3.05) is 4.72 Å². The molecule has 0 saturated heterocycles. The minimum Gasteiger partial charge on any atom is -0.495 e. The molecule has 0 radical (unpaired) electrons. The van der Waals surface area contributed by atoms with Gasteiger partial charge in [-0.05, 0) is 36.4 Å². The fourth-order valence-corrected chi connectivity index (χ4v) is 4.91. The number of anilines is 1. The SMILES string of the molecule is O=S(=O)(Nc1ncccn1)c1ccc(N=Cc2cc3[nH]c(O)cc3c3scnc23)cc1. The summed E-state index contributed by atoms with van der Waals surface area (Å²) < 4.78 is 28.2. The Balaban J connectivity index is 1.42. The molecule has 0 aliphatic carbocycles. The molecule has 3 aromatic heterocycles. The first-order valence-corrected chi connectivity index (χ1v) is 11.4. The number of sulfonamides is 1. The van der Waals surface area contributed by atoms with E-state index in [9.17, 15) is 13.5 Å².